The summed E-state index contributed by atoms with van der Waals surface area (Å²) in [6.07, 6.45) is -5.17. The summed E-state index contributed by atoms with van der Waals surface area (Å²) < 4.78 is 44.6. The van der Waals surface area contributed by atoms with Crippen molar-refractivity contribution in [1.29, 1.82) is 0 Å². The number of aromatic nitrogens is 2. The average Bonchev–Trinajstić information content (AvgIpc) is 2.63. The Kier molecular flexibility index (Phi) is 3.94. The molecule has 0 atom stereocenters. The van der Waals surface area contributed by atoms with Gasteiger partial charge in [-0.1, -0.05) is 0 Å². The number of ether oxygens (including phenoxy) is 1. The molecule has 0 saturated carbocycles. The molecule has 0 aliphatic rings. The monoisotopic (exact) mass is 412 g/mol. The number of carbonyl (C=O) groups is 1. The highest BCUT2D eigenvalue weighted by Gasteiger charge is 2.31. The number of rotatable bonds is 0. The fraction of sp³-hybridized carbons (Fsp3) is 0.385. The Balaban J connectivity index is 2.52. The van der Waals surface area contributed by atoms with E-state index in [0.717, 1.165) is 16.8 Å². The van der Waals surface area contributed by atoms with E-state index in [1.165, 1.54) is 6.07 Å². The summed E-state index contributed by atoms with van der Waals surface area (Å²) in [6, 6.07) is 3.11. The summed E-state index contributed by atoms with van der Waals surface area (Å²) >= 11 is 1.79. The van der Waals surface area contributed by atoms with E-state index >= 15 is 0 Å². The molecule has 2 aromatic rings. The molecule has 0 spiro atoms. The number of alkyl halides is 3. The molecule has 1 aromatic carbocycles. The Morgan fingerprint density at radius 2 is 1.90 bits per heavy atom. The van der Waals surface area contributed by atoms with Crippen molar-refractivity contribution in [1.82, 2.24) is 9.78 Å². The third-order valence-electron chi connectivity index (χ3n) is 2.53. The Morgan fingerprint density at radius 3 is 2.43 bits per heavy atom. The highest BCUT2D eigenvalue weighted by atomic mass is 127. The molecule has 0 N–H and O–H groups in total. The number of hydrogen-bond acceptors (Lipinski definition) is 3. The van der Waals surface area contributed by atoms with Crippen LogP contribution in [0.2, 0.25) is 0 Å². The Hall–Kier alpha value is -1.32. The third-order valence-corrected chi connectivity index (χ3v) is 3.33. The van der Waals surface area contributed by atoms with Gasteiger partial charge < -0.3 is 4.74 Å². The van der Waals surface area contributed by atoms with Gasteiger partial charge in [-0.25, -0.2) is 4.79 Å². The minimum atomic E-state index is -4.44. The highest BCUT2D eigenvalue weighted by molar-refractivity contribution is 14.1. The number of nitrogens with zero attached hydrogens (tertiary/aromatic N) is 2. The minimum Gasteiger partial charge on any atom is -0.442 e. The van der Waals surface area contributed by atoms with Crippen LogP contribution in [0.3, 0.4) is 0 Å². The maximum atomic E-state index is 12.7. The lowest BCUT2D eigenvalue weighted by Gasteiger charge is -2.19. The van der Waals surface area contributed by atoms with E-state index in [1.807, 2.05) is 0 Å². The second-order valence-electron chi connectivity index (χ2n) is 5.41. The molecule has 0 radical (unpaired) electrons. The largest absolute Gasteiger partial charge is 0.442 e. The molecule has 1 aromatic heterocycles. The van der Waals surface area contributed by atoms with Crippen molar-refractivity contribution in [3.63, 3.8) is 0 Å². The first kappa shape index (κ1) is 16.1. The van der Waals surface area contributed by atoms with Gasteiger partial charge >= 0.3 is 12.3 Å². The molecule has 0 fully saturated rings. The van der Waals surface area contributed by atoms with E-state index in [2.05, 4.69) is 5.10 Å². The molecule has 2 rings (SSSR count). The van der Waals surface area contributed by atoms with E-state index in [9.17, 15) is 18.0 Å². The van der Waals surface area contributed by atoms with Crippen molar-refractivity contribution in [3.8, 4) is 0 Å². The molecular weight excluding hydrogens is 400 g/mol. The van der Waals surface area contributed by atoms with Gasteiger partial charge in [0.05, 0.1) is 11.1 Å². The van der Waals surface area contributed by atoms with E-state index in [0.29, 0.717) is 3.70 Å². The Morgan fingerprint density at radius 1 is 1.29 bits per heavy atom. The van der Waals surface area contributed by atoms with Crippen molar-refractivity contribution in [2.75, 3.05) is 0 Å². The van der Waals surface area contributed by atoms with Crippen molar-refractivity contribution in [2.24, 2.45) is 0 Å². The van der Waals surface area contributed by atoms with Crippen LogP contribution in [0.4, 0.5) is 18.0 Å². The molecule has 4 nitrogen and oxygen atoms in total. The van der Waals surface area contributed by atoms with Crippen LogP contribution in [0.1, 0.15) is 26.3 Å². The van der Waals surface area contributed by atoms with Crippen molar-refractivity contribution >= 4 is 39.6 Å². The second kappa shape index (κ2) is 5.15. The maximum Gasteiger partial charge on any atom is 0.435 e. The first-order chi connectivity index (χ1) is 9.49. The van der Waals surface area contributed by atoms with Gasteiger partial charge in [0.1, 0.15) is 9.30 Å². The van der Waals surface area contributed by atoms with Crippen molar-refractivity contribution in [2.45, 2.75) is 32.5 Å². The highest BCUT2D eigenvalue weighted by Crippen LogP contribution is 2.32. The van der Waals surface area contributed by atoms with Gasteiger partial charge in [-0.05, 0) is 61.6 Å². The average molecular weight is 412 g/mol. The van der Waals surface area contributed by atoms with Crippen molar-refractivity contribution in [3.05, 3.63) is 27.5 Å². The first-order valence-corrected chi connectivity index (χ1v) is 7.06. The molecule has 0 aliphatic heterocycles. The van der Waals surface area contributed by atoms with E-state index in [4.69, 9.17) is 4.74 Å². The summed E-state index contributed by atoms with van der Waals surface area (Å²) in [5.41, 5.74) is -1.22. The van der Waals surface area contributed by atoms with Gasteiger partial charge in [0.2, 0.25) is 0 Å². The predicted octanol–water partition coefficient (Wildman–Crippen LogP) is 4.44. The fourth-order valence-corrected chi connectivity index (χ4v) is 2.35. The molecule has 8 heteroatoms. The molecule has 21 heavy (non-hydrogen) atoms. The third kappa shape index (κ3) is 3.47. The van der Waals surface area contributed by atoms with Gasteiger partial charge in [-0.2, -0.15) is 23.0 Å². The summed E-state index contributed by atoms with van der Waals surface area (Å²) in [5, 5.41) is 4.22. The molecule has 0 bridgehead atoms. The van der Waals surface area contributed by atoms with Crippen LogP contribution in [-0.4, -0.2) is 21.5 Å². The van der Waals surface area contributed by atoms with E-state index < -0.39 is 23.4 Å². The van der Waals surface area contributed by atoms with E-state index in [1.54, 1.807) is 43.4 Å². The van der Waals surface area contributed by atoms with Gasteiger partial charge in [0.15, 0.2) is 0 Å². The molecule has 0 aliphatic carbocycles. The van der Waals surface area contributed by atoms with Gasteiger partial charge in [0, 0.05) is 5.39 Å². The van der Waals surface area contributed by atoms with Crippen LogP contribution < -0.4 is 0 Å². The van der Waals surface area contributed by atoms with Crippen LogP contribution in [0.15, 0.2) is 18.2 Å². The zero-order valence-electron chi connectivity index (χ0n) is 11.5. The van der Waals surface area contributed by atoms with Gasteiger partial charge in [-0.3, -0.25) is 0 Å². The van der Waals surface area contributed by atoms with Crippen LogP contribution in [0, 0.1) is 3.70 Å². The molecule has 0 amide bonds. The number of fused-ring (bicyclic) bond motifs is 1. The number of benzene rings is 1. The van der Waals surface area contributed by atoms with Crippen LogP contribution in [-0.2, 0) is 10.9 Å². The molecule has 0 unspecified atom stereocenters. The SMILES string of the molecule is CC(C)(C)OC(=O)n1nc(I)c2cc(C(F)(F)F)ccc21. The summed E-state index contributed by atoms with van der Waals surface area (Å²) in [4.78, 5) is 12.0. The second-order valence-corrected chi connectivity index (χ2v) is 6.43. The van der Waals surface area contributed by atoms with E-state index in [-0.39, 0.29) is 10.9 Å². The lowest BCUT2D eigenvalue weighted by molar-refractivity contribution is -0.137. The Bertz CT molecular complexity index is 702. The maximum absolute atomic E-state index is 12.7. The fourth-order valence-electron chi connectivity index (χ4n) is 1.70. The summed E-state index contributed by atoms with van der Waals surface area (Å²) in [6.45, 7) is 5.09. The molecular formula is C13H12F3IN2O2. The normalized spacial score (nSPS) is 12.7. The van der Waals surface area contributed by atoms with Crippen LogP contribution in [0.25, 0.3) is 10.9 Å². The Labute approximate surface area is 132 Å². The lowest BCUT2D eigenvalue weighted by Crippen LogP contribution is -2.27. The van der Waals surface area contributed by atoms with Gasteiger partial charge in [-0.15, -0.1) is 0 Å². The van der Waals surface area contributed by atoms with Gasteiger partial charge in [0.25, 0.3) is 0 Å². The standard InChI is InChI=1S/C13H12F3IN2O2/c1-12(2,3)21-11(20)19-9-5-4-7(13(14,15)16)6-8(9)10(17)18-19/h4-6H,1-3H3. The summed E-state index contributed by atoms with van der Waals surface area (Å²) in [5.74, 6) is 0. The van der Waals surface area contributed by atoms with Crippen molar-refractivity contribution < 1.29 is 22.7 Å². The molecule has 114 valence electrons. The minimum absolute atomic E-state index is 0.260. The quantitative estimate of drug-likeness (QED) is 0.601. The van der Waals surface area contributed by atoms with Crippen LogP contribution >= 0.6 is 22.6 Å². The number of carbonyl (C=O) groups excluding carboxylic acids is 1. The zero-order chi connectivity index (χ0) is 16.0. The zero-order valence-corrected chi connectivity index (χ0v) is 13.6. The molecule has 1 heterocycles. The van der Waals surface area contributed by atoms with Crippen LogP contribution in [0.5, 0.6) is 0 Å². The summed E-state index contributed by atoms with van der Waals surface area (Å²) in [7, 11) is 0. The topological polar surface area (TPSA) is 44.1 Å². The number of halogens is 4. The smallest absolute Gasteiger partial charge is 0.435 e. The predicted molar refractivity (Wildman–Crippen MR) is 79.1 cm³/mol. The number of hydrogen-bond donors (Lipinski definition) is 0. The first-order valence-electron chi connectivity index (χ1n) is 5.98. The lowest BCUT2D eigenvalue weighted by atomic mass is 10.1. The molecule has 0 saturated heterocycles.